The Labute approximate surface area is 90.8 Å². The first-order valence-electron chi connectivity index (χ1n) is 5.58. The van der Waals surface area contributed by atoms with Crippen molar-refractivity contribution in [3.63, 3.8) is 0 Å². The van der Waals surface area contributed by atoms with Crippen molar-refractivity contribution in [3.05, 3.63) is 23.9 Å². The van der Waals surface area contributed by atoms with Crippen LogP contribution in [0, 0.1) is 12.8 Å². The van der Waals surface area contributed by atoms with Crippen LogP contribution in [0.3, 0.4) is 0 Å². The van der Waals surface area contributed by atoms with Gasteiger partial charge in [-0.15, -0.1) is 0 Å². The van der Waals surface area contributed by atoms with Gasteiger partial charge in [0.25, 0.3) is 0 Å². The molecule has 3 heteroatoms. The first-order valence-corrected chi connectivity index (χ1v) is 5.58. The molecule has 0 spiro atoms. The van der Waals surface area contributed by atoms with E-state index in [1.165, 1.54) is 12.0 Å². The number of nitrogens with zero attached hydrogens (tertiary/aromatic N) is 2. The minimum absolute atomic E-state index is 0.305. The highest BCUT2D eigenvalue weighted by Gasteiger charge is 2.22. The van der Waals surface area contributed by atoms with Gasteiger partial charge in [-0.3, -0.25) is 0 Å². The Balaban J connectivity index is 1.98. The molecule has 0 radical (unpaired) electrons. The van der Waals surface area contributed by atoms with Gasteiger partial charge in [0.2, 0.25) is 0 Å². The molecule has 1 fully saturated rings. The van der Waals surface area contributed by atoms with Crippen LogP contribution in [0.5, 0.6) is 0 Å². The fourth-order valence-corrected chi connectivity index (χ4v) is 2.11. The number of aliphatic hydroxyl groups excluding tert-OH is 1. The molecular formula is C12H18N2O. The Bertz CT molecular complexity index is 310. The van der Waals surface area contributed by atoms with Gasteiger partial charge < -0.3 is 10.0 Å². The molecule has 0 bridgehead atoms. The molecule has 0 saturated carbocycles. The molecule has 1 aromatic rings. The van der Waals surface area contributed by atoms with Crippen molar-refractivity contribution in [2.45, 2.75) is 19.8 Å². The maximum atomic E-state index is 8.89. The van der Waals surface area contributed by atoms with E-state index in [1.54, 1.807) is 0 Å². The van der Waals surface area contributed by atoms with Crippen LogP contribution in [0.15, 0.2) is 18.3 Å². The second-order valence-electron chi connectivity index (χ2n) is 4.31. The molecule has 1 atom stereocenters. The summed E-state index contributed by atoms with van der Waals surface area (Å²) in [4.78, 5) is 6.72. The third kappa shape index (κ3) is 2.48. The molecule has 2 rings (SSSR count). The van der Waals surface area contributed by atoms with Crippen molar-refractivity contribution in [1.29, 1.82) is 0 Å². The number of aliphatic hydroxyl groups is 1. The zero-order chi connectivity index (χ0) is 10.7. The number of aromatic nitrogens is 1. The summed E-state index contributed by atoms with van der Waals surface area (Å²) >= 11 is 0. The third-order valence-electron chi connectivity index (χ3n) is 3.04. The summed E-state index contributed by atoms with van der Waals surface area (Å²) in [6, 6.07) is 4.18. The van der Waals surface area contributed by atoms with E-state index in [0.717, 1.165) is 25.3 Å². The van der Waals surface area contributed by atoms with Crippen LogP contribution < -0.4 is 4.90 Å². The van der Waals surface area contributed by atoms with Gasteiger partial charge in [0.15, 0.2) is 0 Å². The van der Waals surface area contributed by atoms with Gasteiger partial charge in [-0.2, -0.15) is 0 Å². The average molecular weight is 206 g/mol. The lowest BCUT2D eigenvalue weighted by Crippen LogP contribution is -2.20. The first-order chi connectivity index (χ1) is 7.29. The van der Waals surface area contributed by atoms with Crippen LogP contribution in [0.1, 0.15) is 18.4 Å². The minimum atomic E-state index is 0.305. The molecule has 1 aliphatic rings. The highest BCUT2D eigenvalue weighted by atomic mass is 16.3. The molecule has 1 saturated heterocycles. The van der Waals surface area contributed by atoms with E-state index in [1.807, 2.05) is 6.20 Å². The predicted molar refractivity (Wildman–Crippen MR) is 61.0 cm³/mol. The van der Waals surface area contributed by atoms with Crippen LogP contribution in [-0.2, 0) is 0 Å². The average Bonchev–Trinajstić information content (AvgIpc) is 2.68. The molecule has 3 nitrogen and oxygen atoms in total. The predicted octanol–water partition coefficient (Wildman–Crippen LogP) is 1.60. The summed E-state index contributed by atoms with van der Waals surface area (Å²) in [5.41, 5.74) is 1.20. The van der Waals surface area contributed by atoms with Crippen LogP contribution >= 0.6 is 0 Å². The third-order valence-corrected chi connectivity index (χ3v) is 3.04. The Morgan fingerprint density at radius 3 is 3.07 bits per heavy atom. The molecule has 1 aromatic heterocycles. The van der Waals surface area contributed by atoms with Crippen molar-refractivity contribution in [2.75, 3.05) is 24.6 Å². The molecule has 0 aliphatic carbocycles. The molecule has 1 unspecified atom stereocenters. The van der Waals surface area contributed by atoms with Crippen molar-refractivity contribution >= 4 is 5.82 Å². The van der Waals surface area contributed by atoms with Gasteiger partial charge in [-0.1, -0.05) is 6.07 Å². The standard InChI is InChI=1S/C12H18N2O/c1-10-2-3-12(13-8-10)14-6-4-11(9-14)5-7-15/h2-3,8,11,15H,4-7,9H2,1H3. The van der Waals surface area contributed by atoms with Crippen molar-refractivity contribution < 1.29 is 5.11 Å². The molecule has 0 amide bonds. The molecule has 1 aliphatic heterocycles. The minimum Gasteiger partial charge on any atom is -0.396 e. The van der Waals surface area contributed by atoms with Gasteiger partial charge in [0.1, 0.15) is 5.82 Å². The lowest BCUT2D eigenvalue weighted by Gasteiger charge is -2.17. The highest BCUT2D eigenvalue weighted by Crippen LogP contribution is 2.23. The van der Waals surface area contributed by atoms with Crippen LogP contribution in [-0.4, -0.2) is 29.8 Å². The Morgan fingerprint density at radius 2 is 2.40 bits per heavy atom. The molecule has 82 valence electrons. The molecule has 1 N–H and O–H groups in total. The molecular weight excluding hydrogens is 188 g/mol. The number of hydrogen-bond acceptors (Lipinski definition) is 3. The van der Waals surface area contributed by atoms with Crippen molar-refractivity contribution in [2.24, 2.45) is 5.92 Å². The van der Waals surface area contributed by atoms with Gasteiger partial charge in [0, 0.05) is 25.9 Å². The quantitative estimate of drug-likeness (QED) is 0.816. The maximum absolute atomic E-state index is 8.89. The Kier molecular flexibility index (Phi) is 3.21. The monoisotopic (exact) mass is 206 g/mol. The van der Waals surface area contributed by atoms with Crippen molar-refractivity contribution in [3.8, 4) is 0 Å². The van der Waals surface area contributed by atoms with Gasteiger partial charge in [-0.05, 0) is 37.3 Å². The van der Waals surface area contributed by atoms with E-state index >= 15 is 0 Å². The fourth-order valence-electron chi connectivity index (χ4n) is 2.11. The number of rotatable bonds is 3. The number of anilines is 1. The molecule has 0 aromatic carbocycles. The summed E-state index contributed by atoms with van der Waals surface area (Å²) in [6.45, 7) is 4.46. The summed E-state index contributed by atoms with van der Waals surface area (Å²) in [7, 11) is 0. The second kappa shape index (κ2) is 4.62. The number of aryl methyl sites for hydroxylation is 1. The fraction of sp³-hybridized carbons (Fsp3) is 0.583. The largest absolute Gasteiger partial charge is 0.396 e. The zero-order valence-electron chi connectivity index (χ0n) is 9.19. The van der Waals surface area contributed by atoms with Crippen LogP contribution in [0.2, 0.25) is 0 Å². The maximum Gasteiger partial charge on any atom is 0.128 e. The SMILES string of the molecule is Cc1ccc(N2CCC(CCO)C2)nc1. The highest BCUT2D eigenvalue weighted by molar-refractivity contribution is 5.40. The number of hydrogen-bond donors (Lipinski definition) is 1. The lowest BCUT2D eigenvalue weighted by molar-refractivity contribution is 0.263. The summed E-state index contributed by atoms with van der Waals surface area (Å²) in [5, 5.41) is 8.89. The van der Waals surface area contributed by atoms with E-state index in [0.29, 0.717) is 12.5 Å². The zero-order valence-corrected chi connectivity index (χ0v) is 9.19. The summed E-state index contributed by atoms with van der Waals surface area (Å²) < 4.78 is 0. The first kappa shape index (κ1) is 10.4. The summed E-state index contributed by atoms with van der Waals surface area (Å²) in [6.07, 6.45) is 4.01. The molecule has 2 heterocycles. The Hall–Kier alpha value is -1.09. The smallest absolute Gasteiger partial charge is 0.128 e. The van der Waals surface area contributed by atoms with E-state index in [4.69, 9.17) is 5.11 Å². The topological polar surface area (TPSA) is 36.4 Å². The van der Waals surface area contributed by atoms with Crippen LogP contribution in [0.4, 0.5) is 5.82 Å². The molecule has 15 heavy (non-hydrogen) atoms. The van der Waals surface area contributed by atoms with Gasteiger partial charge >= 0.3 is 0 Å². The Morgan fingerprint density at radius 1 is 1.53 bits per heavy atom. The van der Waals surface area contributed by atoms with Crippen molar-refractivity contribution in [1.82, 2.24) is 4.98 Å². The van der Waals surface area contributed by atoms with E-state index in [2.05, 4.69) is 28.9 Å². The van der Waals surface area contributed by atoms with Gasteiger partial charge in [0.05, 0.1) is 0 Å². The normalized spacial score (nSPS) is 20.9. The van der Waals surface area contributed by atoms with Crippen LogP contribution in [0.25, 0.3) is 0 Å². The van der Waals surface area contributed by atoms with E-state index in [-0.39, 0.29) is 0 Å². The number of pyridine rings is 1. The second-order valence-corrected chi connectivity index (χ2v) is 4.31. The lowest BCUT2D eigenvalue weighted by atomic mass is 10.1. The van der Waals surface area contributed by atoms with E-state index in [9.17, 15) is 0 Å². The van der Waals surface area contributed by atoms with E-state index < -0.39 is 0 Å². The van der Waals surface area contributed by atoms with Gasteiger partial charge in [-0.25, -0.2) is 4.98 Å². The summed E-state index contributed by atoms with van der Waals surface area (Å²) in [5.74, 6) is 1.71.